The molecule has 2 aliphatic rings. The first-order chi connectivity index (χ1) is 16.3. The van der Waals surface area contributed by atoms with Crippen LogP contribution < -0.4 is 10.6 Å². The first-order valence-electron chi connectivity index (χ1n) is 11.7. The molecule has 0 saturated heterocycles. The van der Waals surface area contributed by atoms with Crippen molar-refractivity contribution >= 4 is 18.0 Å². The van der Waals surface area contributed by atoms with E-state index in [1.165, 1.54) is 6.92 Å². The molecule has 0 radical (unpaired) electrons. The van der Waals surface area contributed by atoms with Crippen LogP contribution in [0.15, 0.2) is 48.5 Å². The highest BCUT2D eigenvalue weighted by molar-refractivity contribution is 5.93. The van der Waals surface area contributed by atoms with Gasteiger partial charge in [0.15, 0.2) is 6.04 Å². The molecule has 2 aromatic rings. The van der Waals surface area contributed by atoms with Crippen molar-refractivity contribution < 1.29 is 29.3 Å². The van der Waals surface area contributed by atoms with E-state index in [1.54, 1.807) is 0 Å². The Kier molecular flexibility index (Phi) is 6.88. The van der Waals surface area contributed by atoms with Crippen LogP contribution in [0, 0.1) is 0 Å². The number of ether oxygens (including phenoxy) is 1. The molecule has 2 aromatic carbocycles. The number of aliphatic hydroxyl groups excluding tert-OH is 1. The summed E-state index contributed by atoms with van der Waals surface area (Å²) in [6, 6.07) is 14.6. The number of hydrogen-bond donors (Lipinski definition) is 4. The molecule has 2 atom stereocenters. The van der Waals surface area contributed by atoms with E-state index in [1.807, 2.05) is 36.4 Å². The van der Waals surface area contributed by atoms with Crippen molar-refractivity contribution in [3.05, 3.63) is 59.7 Å². The largest absolute Gasteiger partial charge is 0.480 e. The minimum atomic E-state index is -1.46. The van der Waals surface area contributed by atoms with Crippen LogP contribution in [0.1, 0.15) is 56.1 Å². The quantitative estimate of drug-likeness (QED) is 0.497. The van der Waals surface area contributed by atoms with Crippen LogP contribution in [-0.4, -0.2) is 52.5 Å². The molecule has 180 valence electrons. The summed E-state index contributed by atoms with van der Waals surface area (Å²) in [6.07, 6.45) is 1.08. The average molecular weight is 467 g/mol. The summed E-state index contributed by atoms with van der Waals surface area (Å²) in [7, 11) is 0. The molecule has 0 spiro atoms. The first-order valence-corrected chi connectivity index (χ1v) is 11.7. The van der Waals surface area contributed by atoms with Crippen LogP contribution in [-0.2, 0) is 14.3 Å². The molecule has 4 N–H and O–H groups in total. The summed E-state index contributed by atoms with van der Waals surface area (Å²) in [6.45, 7) is 1.41. The van der Waals surface area contributed by atoms with Gasteiger partial charge in [-0.3, -0.25) is 4.79 Å². The van der Waals surface area contributed by atoms with Crippen LogP contribution in [0.3, 0.4) is 0 Å². The van der Waals surface area contributed by atoms with E-state index in [0.29, 0.717) is 25.7 Å². The van der Waals surface area contributed by atoms with Crippen molar-refractivity contribution in [2.75, 3.05) is 6.61 Å². The number of aliphatic carboxylic acids is 1. The molecule has 0 bridgehead atoms. The number of carbonyl (C=O) groups excluding carboxylic acids is 2. The second-order valence-electron chi connectivity index (χ2n) is 9.12. The number of nitrogens with one attached hydrogen (secondary N) is 2. The van der Waals surface area contributed by atoms with Crippen molar-refractivity contribution in [3.8, 4) is 11.1 Å². The van der Waals surface area contributed by atoms with E-state index in [4.69, 9.17) is 4.74 Å². The van der Waals surface area contributed by atoms with Crippen LogP contribution in [0.4, 0.5) is 4.79 Å². The highest BCUT2D eigenvalue weighted by Gasteiger charge is 2.43. The Hall–Kier alpha value is -3.39. The van der Waals surface area contributed by atoms with Crippen molar-refractivity contribution in [1.82, 2.24) is 10.6 Å². The maximum Gasteiger partial charge on any atom is 0.408 e. The number of rotatable bonds is 7. The number of amides is 2. The summed E-state index contributed by atoms with van der Waals surface area (Å²) in [4.78, 5) is 37.4. The molecule has 2 aliphatic carbocycles. The topological polar surface area (TPSA) is 125 Å². The van der Waals surface area contributed by atoms with Gasteiger partial charge in [0.25, 0.3) is 0 Å². The standard InChI is InChI=1S/C26H30N2O6/c1-16(29)22(23(30)31)27-24(32)26(13-7-2-8-14-26)28-25(33)34-15-21-19-11-5-3-9-17(19)18-10-4-6-12-20(18)21/h3-6,9-12,16,21-22,29H,2,7-8,13-15H2,1H3,(H,27,32)(H,28,33)(H,30,31). The van der Waals surface area contributed by atoms with Crippen LogP contribution >= 0.6 is 0 Å². The number of hydrogen-bond acceptors (Lipinski definition) is 5. The fourth-order valence-corrected chi connectivity index (χ4v) is 5.06. The van der Waals surface area contributed by atoms with Gasteiger partial charge in [-0.1, -0.05) is 67.8 Å². The lowest BCUT2D eigenvalue weighted by Gasteiger charge is -2.37. The number of carboxylic acid groups (broad SMARTS) is 1. The van der Waals surface area contributed by atoms with Gasteiger partial charge in [0.2, 0.25) is 5.91 Å². The minimum absolute atomic E-state index is 0.110. The van der Waals surface area contributed by atoms with Gasteiger partial charge in [-0.25, -0.2) is 9.59 Å². The first kappa shape index (κ1) is 23.8. The van der Waals surface area contributed by atoms with Gasteiger partial charge in [0.1, 0.15) is 12.1 Å². The Balaban J connectivity index is 1.47. The van der Waals surface area contributed by atoms with E-state index in [2.05, 4.69) is 22.8 Å². The monoisotopic (exact) mass is 466 g/mol. The van der Waals surface area contributed by atoms with E-state index in [9.17, 15) is 24.6 Å². The molecule has 4 rings (SSSR count). The van der Waals surface area contributed by atoms with Crippen LogP contribution in [0.2, 0.25) is 0 Å². The molecular formula is C26H30N2O6. The molecule has 1 fully saturated rings. The second-order valence-corrected chi connectivity index (χ2v) is 9.12. The minimum Gasteiger partial charge on any atom is -0.480 e. The number of aliphatic hydroxyl groups is 1. The zero-order valence-electron chi connectivity index (χ0n) is 19.1. The van der Waals surface area contributed by atoms with Crippen LogP contribution in [0.5, 0.6) is 0 Å². The van der Waals surface area contributed by atoms with E-state index in [0.717, 1.165) is 28.7 Å². The predicted octanol–water partition coefficient (Wildman–Crippen LogP) is 3.18. The Morgan fingerprint density at radius 1 is 1.00 bits per heavy atom. The van der Waals surface area contributed by atoms with Gasteiger partial charge < -0.3 is 25.6 Å². The second kappa shape index (κ2) is 9.85. The smallest absolute Gasteiger partial charge is 0.408 e. The van der Waals surface area contributed by atoms with Gasteiger partial charge >= 0.3 is 12.1 Å². The number of fused-ring (bicyclic) bond motifs is 3. The van der Waals surface area contributed by atoms with E-state index in [-0.39, 0.29) is 12.5 Å². The fourth-order valence-electron chi connectivity index (χ4n) is 5.06. The highest BCUT2D eigenvalue weighted by atomic mass is 16.5. The maximum atomic E-state index is 13.1. The number of carbonyl (C=O) groups is 3. The Morgan fingerprint density at radius 3 is 2.09 bits per heavy atom. The molecule has 2 unspecified atom stereocenters. The third-order valence-electron chi connectivity index (χ3n) is 6.86. The normalized spacial score (nSPS) is 18.2. The molecular weight excluding hydrogens is 436 g/mol. The van der Waals surface area contributed by atoms with Crippen LogP contribution in [0.25, 0.3) is 11.1 Å². The molecule has 0 heterocycles. The summed E-state index contributed by atoms with van der Waals surface area (Å²) in [5.74, 6) is -2.06. The Labute approximate surface area is 198 Å². The molecule has 1 saturated carbocycles. The number of benzene rings is 2. The fraction of sp³-hybridized carbons (Fsp3) is 0.423. The zero-order valence-corrected chi connectivity index (χ0v) is 19.1. The van der Waals surface area contributed by atoms with Gasteiger partial charge in [-0.15, -0.1) is 0 Å². The summed E-state index contributed by atoms with van der Waals surface area (Å²) >= 11 is 0. The molecule has 0 aliphatic heterocycles. The van der Waals surface area contributed by atoms with Gasteiger partial charge in [-0.05, 0) is 42.0 Å². The van der Waals surface area contributed by atoms with Crippen molar-refractivity contribution in [2.45, 2.75) is 62.6 Å². The molecule has 34 heavy (non-hydrogen) atoms. The van der Waals surface area contributed by atoms with Crippen molar-refractivity contribution in [2.24, 2.45) is 0 Å². The maximum absolute atomic E-state index is 13.1. The average Bonchev–Trinajstić information content (AvgIpc) is 3.15. The SMILES string of the molecule is CC(O)C(NC(=O)C1(NC(=O)OCC2c3ccccc3-c3ccccc32)CCCCC1)C(=O)O. The highest BCUT2D eigenvalue weighted by Crippen LogP contribution is 2.44. The molecule has 8 nitrogen and oxygen atoms in total. The lowest BCUT2D eigenvalue weighted by molar-refractivity contribution is -0.146. The third kappa shape index (κ3) is 4.63. The number of alkyl carbamates (subject to hydrolysis) is 1. The van der Waals surface area contributed by atoms with Crippen molar-refractivity contribution in [1.29, 1.82) is 0 Å². The van der Waals surface area contributed by atoms with E-state index >= 15 is 0 Å². The summed E-state index contributed by atoms with van der Waals surface area (Å²) in [5, 5.41) is 24.2. The molecule has 2 amide bonds. The van der Waals surface area contributed by atoms with Gasteiger partial charge in [0, 0.05) is 5.92 Å². The Morgan fingerprint density at radius 2 is 1.56 bits per heavy atom. The van der Waals surface area contributed by atoms with Gasteiger partial charge in [-0.2, -0.15) is 0 Å². The third-order valence-corrected chi connectivity index (χ3v) is 6.86. The Bertz CT molecular complexity index is 1030. The zero-order chi connectivity index (χ0) is 24.3. The van der Waals surface area contributed by atoms with Gasteiger partial charge in [0.05, 0.1) is 6.10 Å². The molecule has 8 heteroatoms. The lowest BCUT2D eigenvalue weighted by atomic mass is 9.80. The number of carboxylic acids is 1. The summed E-state index contributed by atoms with van der Waals surface area (Å²) in [5.41, 5.74) is 3.13. The lowest BCUT2D eigenvalue weighted by Crippen LogP contribution is -2.63. The predicted molar refractivity (Wildman–Crippen MR) is 125 cm³/mol. The molecule has 0 aromatic heterocycles. The van der Waals surface area contributed by atoms with E-state index < -0.39 is 35.7 Å². The van der Waals surface area contributed by atoms with Crippen molar-refractivity contribution in [3.63, 3.8) is 0 Å². The summed E-state index contributed by atoms with van der Waals surface area (Å²) < 4.78 is 5.62.